The molecular weight excluding hydrogens is 268 g/mol. The molecule has 0 spiro atoms. The number of hydrogen-bond acceptors (Lipinski definition) is 3. The fourth-order valence-electron chi connectivity index (χ4n) is 1.79. The van der Waals surface area contributed by atoms with Gasteiger partial charge in [-0.1, -0.05) is 19.9 Å². The first-order valence-electron chi connectivity index (χ1n) is 7.13. The minimum absolute atomic E-state index is 0.278. The van der Waals surface area contributed by atoms with E-state index < -0.39 is 12.0 Å². The van der Waals surface area contributed by atoms with Crippen molar-refractivity contribution in [2.24, 2.45) is 5.92 Å². The van der Waals surface area contributed by atoms with Crippen LogP contribution in [0, 0.1) is 12.8 Å². The maximum atomic E-state index is 12.2. The summed E-state index contributed by atoms with van der Waals surface area (Å²) < 4.78 is 0. The van der Waals surface area contributed by atoms with E-state index >= 15 is 0 Å². The largest absolute Gasteiger partial charge is 0.480 e. The first-order chi connectivity index (χ1) is 9.73. The summed E-state index contributed by atoms with van der Waals surface area (Å²) in [6.07, 6.45) is 0. The van der Waals surface area contributed by atoms with Gasteiger partial charge < -0.3 is 15.7 Å². The number of anilines is 1. The van der Waals surface area contributed by atoms with E-state index in [2.05, 4.69) is 31.4 Å². The molecule has 1 unspecified atom stereocenters. The summed E-state index contributed by atoms with van der Waals surface area (Å²) in [5.74, 6) is -0.958. The molecule has 1 aromatic carbocycles. The van der Waals surface area contributed by atoms with Gasteiger partial charge in [-0.05, 0) is 44.4 Å². The van der Waals surface area contributed by atoms with Crippen LogP contribution in [0.4, 0.5) is 5.69 Å². The van der Waals surface area contributed by atoms with Crippen LogP contribution in [0.25, 0.3) is 0 Å². The van der Waals surface area contributed by atoms with Gasteiger partial charge in [-0.15, -0.1) is 0 Å². The van der Waals surface area contributed by atoms with E-state index in [0.717, 1.165) is 11.3 Å². The van der Waals surface area contributed by atoms with Crippen molar-refractivity contribution < 1.29 is 14.7 Å². The normalized spacial score (nSPS) is 13.6. The van der Waals surface area contributed by atoms with E-state index in [1.807, 2.05) is 13.0 Å². The van der Waals surface area contributed by atoms with Crippen molar-refractivity contribution in [2.45, 2.75) is 46.7 Å². The Morgan fingerprint density at radius 1 is 1.14 bits per heavy atom. The van der Waals surface area contributed by atoms with Crippen LogP contribution in [0.1, 0.15) is 43.6 Å². The van der Waals surface area contributed by atoms with Crippen molar-refractivity contribution in [3.05, 3.63) is 29.3 Å². The molecule has 0 saturated heterocycles. The predicted molar refractivity (Wildman–Crippen MR) is 83.7 cm³/mol. The summed E-state index contributed by atoms with van der Waals surface area (Å²) in [7, 11) is 0. The number of benzene rings is 1. The highest BCUT2D eigenvalue weighted by molar-refractivity contribution is 5.98. The Kier molecular flexibility index (Phi) is 5.76. The molecule has 1 aromatic rings. The third-order valence-electron chi connectivity index (χ3n) is 3.68. The number of aliphatic carboxylic acids is 1. The Hall–Kier alpha value is -2.04. The number of carboxylic acid groups (broad SMARTS) is 1. The Morgan fingerprint density at radius 3 is 2.29 bits per heavy atom. The lowest BCUT2D eigenvalue weighted by Gasteiger charge is -2.21. The average Bonchev–Trinajstić information content (AvgIpc) is 2.40. The van der Waals surface area contributed by atoms with Crippen LogP contribution in [0.5, 0.6) is 0 Å². The van der Waals surface area contributed by atoms with Gasteiger partial charge in [0.15, 0.2) is 0 Å². The molecule has 21 heavy (non-hydrogen) atoms. The Balaban J connectivity index is 2.94. The van der Waals surface area contributed by atoms with Gasteiger partial charge >= 0.3 is 5.97 Å². The molecule has 5 heteroatoms. The van der Waals surface area contributed by atoms with E-state index in [9.17, 15) is 9.59 Å². The molecule has 116 valence electrons. The summed E-state index contributed by atoms with van der Waals surface area (Å²) in [6, 6.07) is 4.78. The number of amides is 1. The summed E-state index contributed by atoms with van der Waals surface area (Å²) in [6.45, 7) is 9.63. The molecule has 1 amide bonds. The van der Waals surface area contributed by atoms with Gasteiger partial charge in [0.05, 0.1) is 0 Å². The Bertz CT molecular complexity index is 526. The highest BCUT2D eigenvalue weighted by Gasteiger charge is 2.18. The number of rotatable bonds is 6. The van der Waals surface area contributed by atoms with Crippen LogP contribution in [0.3, 0.4) is 0 Å². The number of hydrogen-bond donors (Lipinski definition) is 3. The molecule has 5 nitrogen and oxygen atoms in total. The molecule has 0 aliphatic heterocycles. The lowest BCUT2D eigenvalue weighted by molar-refractivity contribution is -0.138. The highest BCUT2D eigenvalue weighted by Crippen LogP contribution is 2.21. The monoisotopic (exact) mass is 292 g/mol. The molecule has 1 rings (SSSR count). The summed E-state index contributed by atoms with van der Waals surface area (Å²) in [5, 5.41) is 14.7. The van der Waals surface area contributed by atoms with Crippen molar-refractivity contribution >= 4 is 17.6 Å². The molecule has 2 atom stereocenters. The van der Waals surface area contributed by atoms with Gasteiger partial charge in [0, 0.05) is 17.3 Å². The molecule has 3 N–H and O–H groups in total. The molecule has 0 saturated carbocycles. The minimum Gasteiger partial charge on any atom is -0.480 e. The van der Waals surface area contributed by atoms with Crippen molar-refractivity contribution in [3.63, 3.8) is 0 Å². The highest BCUT2D eigenvalue weighted by atomic mass is 16.4. The quantitative estimate of drug-likeness (QED) is 0.753. The number of nitrogens with one attached hydrogen (secondary N) is 2. The van der Waals surface area contributed by atoms with Crippen molar-refractivity contribution in [2.75, 3.05) is 5.32 Å². The molecule has 0 aromatic heterocycles. The second-order valence-electron chi connectivity index (χ2n) is 5.69. The zero-order valence-corrected chi connectivity index (χ0v) is 13.2. The van der Waals surface area contributed by atoms with E-state index in [4.69, 9.17) is 5.11 Å². The van der Waals surface area contributed by atoms with E-state index in [-0.39, 0.29) is 11.9 Å². The molecule has 0 aliphatic carbocycles. The third kappa shape index (κ3) is 4.48. The van der Waals surface area contributed by atoms with Crippen LogP contribution in [0.2, 0.25) is 0 Å². The number of carbonyl (C=O) groups excluding carboxylic acids is 1. The van der Waals surface area contributed by atoms with Crippen LogP contribution in [-0.4, -0.2) is 29.1 Å². The lowest BCUT2D eigenvalue weighted by atomic mass is 10.0. The molecule has 0 bridgehead atoms. The second kappa shape index (κ2) is 7.11. The minimum atomic E-state index is -1.05. The molecule has 0 heterocycles. The molecular formula is C16H24N2O3. The van der Waals surface area contributed by atoms with Crippen LogP contribution >= 0.6 is 0 Å². The maximum absolute atomic E-state index is 12.2. The van der Waals surface area contributed by atoms with E-state index in [0.29, 0.717) is 11.5 Å². The van der Waals surface area contributed by atoms with Crippen LogP contribution in [-0.2, 0) is 4.79 Å². The van der Waals surface area contributed by atoms with Crippen LogP contribution in [0.15, 0.2) is 18.2 Å². The SMILES string of the molecule is Cc1c(NC(C)C(C)C)cccc1C(=O)N[C@@H](C)C(=O)O. The number of carbonyl (C=O) groups is 2. The zero-order chi connectivity index (χ0) is 16.2. The maximum Gasteiger partial charge on any atom is 0.325 e. The number of carboxylic acids is 1. The smallest absolute Gasteiger partial charge is 0.325 e. The molecule has 0 aliphatic rings. The van der Waals surface area contributed by atoms with E-state index in [1.54, 1.807) is 12.1 Å². The Labute approximate surface area is 125 Å². The fraction of sp³-hybridized carbons (Fsp3) is 0.500. The van der Waals surface area contributed by atoms with Crippen LogP contribution < -0.4 is 10.6 Å². The average molecular weight is 292 g/mol. The summed E-state index contributed by atoms with van der Waals surface area (Å²) in [4.78, 5) is 23.0. The Morgan fingerprint density at radius 2 is 1.76 bits per heavy atom. The van der Waals surface area contributed by atoms with Crippen molar-refractivity contribution in [3.8, 4) is 0 Å². The van der Waals surface area contributed by atoms with E-state index in [1.165, 1.54) is 6.92 Å². The lowest BCUT2D eigenvalue weighted by Crippen LogP contribution is -2.38. The van der Waals surface area contributed by atoms with Gasteiger partial charge in [-0.25, -0.2) is 0 Å². The fourth-order valence-corrected chi connectivity index (χ4v) is 1.79. The van der Waals surface area contributed by atoms with Gasteiger partial charge in [0.2, 0.25) is 0 Å². The van der Waals surface area contributed by atoms with Crippen molar-refractivity contribution in [1.29, 1.82) is 0 Å². The predicted octanol–water partition coefficient (Wildman–Crippen LogP) is 2.65. The standard InChI is InChI=1S/C16H24N2O3/c1-9(2)11(4)17-14-8-6-7-13(10(14)3)15(19)18-12(5)16(20)21/h6-9,11-12,17H,1-5H3,(H,18,19)(H,20,21)/t11?,12-/m0/s1. The van der Waals surface area contributed by atoms with Gasteiger partial charge in [-0.3, -0.25) is 9.59 Å². The summed E-state index contributed by atoms with van der Waals surface area (Å²) >= 11 is 0. The second-order valence-corrected chi connectivity index (χ2v) is 5.69. The first kappa shape index (κ1) is 17.0. The molecule has 0 radical (unpaired) electrons. The van der Waals surface area contributed by atoms with Crippen molar-refractivity contribution in [1.82, 2.24) is 5.32 Å². The van der Waals surface area contributed by atoms with Gasteiger partial charge in [-0.2, -0.15) is 0 Å². The summed E-state index contributed by atoms with van der Waals surface area (Å²) in [5.41, 5.74) is 2.20. The van der Waals surface area contributed by atoms with Gasteiger partial charge in [0.1, 0.15) is 6.04 Å². The molecule has 0 fully saturated rings. The van der Waals surface area contributed by atoms with Gasteiger partial charge in [0.25, 0.3) is 5.91 Å². The zero-order valence-electron chi connectivity index (χ0n) is 13.2. The third-order valence-corrected chi connectivity index (χ3v) is 3.68. The topological polar surface area (TPSA) is 78.4 Å². The first-order valence-corrected chi connectivity index (χ1v) is 7.13.